The van der Waals surface area contributed by atoms with Crippen molar-refractivity contribution in [1.29, 1.82) is 0 Å². The van der Waals surface area contributed by atoms with Crippen molar-refractivity contribution in [1.82, 2.24) is 35.1 Å². The number of amides is 1. The number of fused-ring (bicyclic) bond motifs is 6. The van der Waals surface area contributed by atoms with E-state index in [1.54, 1.807) is 0 Å². The number of carbonyl (C=O) groups is 1. The molecule has 4 saturated heterocycles. The van der Waals surface area contributed by atoms with Crippen LogP contribution in [-0.4, -0.2) is 131 Å². The smallest absolute Gasteiger partial charge is 0.387 e. The van der Waals surface area contributed by atoms with Crippen LogP contribution in [0.3, 0.4) is 0 Å². The molecule has 13 atom stereocenters. The molecule has 2 aromatic rings. The van der Waals surface area contributed by atoms with Crippen LogP contribution < -0.4 is 81.2 Å². The van der Waals surface area contributed by atoms with Gasteiger partial charge in [-0.2, -0.15) is 0 Å². The summed E-state index contributed by atoms with van der Waals surface area (Å²) in [5.74, 6) is -0.490. The fourth-order valence-electron chi connectivity index (χ4n) is 5.70. The van der Waals surface area contributed by atoms with E-state index in [1.165, 1.54) is 22.1 Å². The van der Waals surface area contributed by atoms with Gasteiger partial charge < -0.3 is 45.4 Å². The van der Waals surface area contributed by atoms with Crippen molar-refractivity contribution in [2.45, 2.75) is 67.6 Å². The number of aromatic nitrogens is 4. The summed E-state index contributed by atoms with van der Waals surface area (Å²) in [6.07, 6.45) is -10.8. The molecule has 5 aliphatic heterocycles. The van der Waals surface area contributed by atoms with Gasteiger partial charge in [0, 0.05) is 0 Å². The molecule has 4 fully saturated rings. The number of nitrogens with one attached hydrogen (secondary N) is 2. The number of phosphoric ester groups is 2. The van der Waals surface area contributed by atoms with Gasteiger partial charge in [0.1, 0.15) is 60.9 Å². The van der Waals surface area contributed by atoms with Crippen molar-refractivity contribution in [2.75, 3.05) is 18.9 Å². The van der Waals surface area contributed by atoms with Gasteiger partial charge in [-0.3, -0.25) is 43.5 Å². The maximum atomic E-state index is 13.2. The van der Waals surface area contributed by atoms with Crippen LogP contribution in [-0.2, 0) is 41.5 Å². The zero-order valence-corrected chi connectivity index (χ0v) is 30.5. The van der Waals surface area contributed by atoms with E-state index in [1.807, 2.05) is 0 Å². The Bertz CT molecular complexity index is 1630. The summed E-state index contributed by atoms with van der Waals surface area (Å²) in [6.45, 7) is -1.60. The minimum absolute atomic E-state index is 0. The number of carbonyl (C=O) groups excluding carboxylic acids is 1. The molecule has 0 spiro atoms. The van der Waals surface area contributed by atoms with Crippen LogP contribution in [0.2, 0.25) is 0 Å². The fraction of sp³-hybridized carbons (Fsp3) is 0.650. The van der Waals surface area contributed by atoms with E-state index in [2.05, 4.69) is 30.6 Å². The minimum Gasteiger partial charge on any atom is -0.387 e. The number of hydrogen-bond acceptors (Lipinski definition) is 19. The van der Waals surface area contributed by atoms with Gasteiger partial charge in [-0.1, -0.05) is 0 Å². The van der Waals surface area contributed by atoms with Gasteiger partial charge in [-0.15, -0.1) is 0 Å². The summed E-state index contributed by atoms with van der Waals surface area (Å²) >= 11 is 0. The maximum Gasteiger partial charge on any atom is 1.00 e. The van der Waals surface area contributed by atoms with Gasteiger partial charge in [0.2, 0.25) is 0 Å². The number of nitrogens with zero attached hydrogens (tertiary/aromatic N) is 6. The standard InChI is InChI=1S/C20H28N10O13P2.2Na/c21-14-8-15(24-3-23-14)29(4-25-8)18-12-10(31)6(40-18)1-38-45(36,37)43-13-11(32)7(2-39-44(34,35)42-12)41-19(13)30-5-26-9-16(30)27-20(22)28-17(9)33;;/h3-7,9-13,16,18-20,27,31-32H,1-2,22H2,(H,28,33)(H,34,35)(H,36,37)(H2,21,23,24);;/q;2*+1/t6-,7-,9?,10?,11?,12-,13-,16?,18-,19-,20?;;/m1../s1. The number of rotatable bonds is 2. The van der Waals surface area contributed by atoms with Crippen LogP contribution in [0.1, 0.15) is 6.23 Å². The normalized spacial score (nSPS) is 43.5. The number of phosphoric acid groups is 2. The number of nitrogen functional groups attached to an aromatic ring is 1. The molecule has 47 heavy (non-hydrogen) atoms. The number of anilines is 1. The number of nitrogens with two attached hydrogens (primary N) is 2. The fourth-order valence-corrected chi connectivity index (χ4v) is 7.57. The van der Waals surface area contributed by atoms with Gasteiger partial charge >= 0.3 is 74.8 Å². The second-order valence-corrected chi connectivity index (χ2v) is 13.4. The van der Waals surface area contributed by atoms with Crippen molar-refractivity contribution in [2.24, 2.45) is 10.7 Å². The van der Waals surface area contributed by atoms with Gasteiger partial charge in [0.15, 0.2) is 30.0 Å². The van der Waals surface area contributed by atoms with E-state index in [-0.39, 0.29) is 76.1 Å². The summed E-state index contributed by atoms with van der Waals surface area (Å²) in [5, 5.41) is 27.5. The Hall–Kier alpha value is -0.730. The molecule has 23 nitrogen and oxygen atoms in total. The predicted molar refractivity (Wildman–Crippen MR) is 143 cm³/mol. The molecule has 1 amide bonds. The average Bonchev–Trinajstić information content (AvgIpc) is 3.72. The van der Waals surface area contributed by atoms with Gasteiger partial charge in [-0.05, 0) is 0 Å². The molecule has 0 saturated carbocycles. The first kappa shape index (κ1) is 37.5. The van der Waals surface area contributed by atoms with Crippen LogP contribution >= 0.6 is 15.6 Å². The zero-order valence-electron chi connectivity index (χ0n) is 24.7. The molecule has 0 aromatic carbocycles. The second-order valence-electron chi connectivity index (χ2n) is 10.6. The number of aliphatic imine (C=N–C) groups is 1. The summed E-state index contributed by atoms with van der Waals surface area (Å²) < 4.78 is 60.3. The first-order valence-electron chi connectivity index (χ1n) is 13.4. The number of aliphatic hydroxyl groups is 2. The Morgan fingerprint density at radius 2 is 1.53 bits per heavy atom. The summed E-state index contributed by atoms with van der Waals surface area (Å²) in [6, 6.07) is -0.989. The Balaban J connectivity index is 0.00000217. The van der Waals surface area contributed by atoms with E-state index in [9.17, 15) is 33.9 Å². The van der Waals surface area contributed by atoms with E-state index >= 15 is 0 Å². The Labute approximate surface area is 308 Å². The Morgan fingerprint density at radius 3 is 2.17 bits per heavy atom. The minimum atomic E-state index is -5.06. The summed E-state index contributed by atoms with van der Waals surface area (Å²) in [7, 11) is -10.1. The number of aliphatic hydroxyl groups excluding tert-OH is 2. The third-order valence-electron chi connectivity index (χ3n) is 7.79. The average molecular weight is 724 g/mol. The summed E-state index contributed by atoms with van der Waals surface area (Å²) in [4.78, 5) is 51.2. The van der Waals surface area contributed by atoms with Crippen LogP contribution in [0.5, 0.6) is 0 Å². The van der Waals surface area contributed by atoms with Crippen molar-refractivity contribution < 1.29 is 121 Å². The van der Waals surface area contributed by atoms with Crippen molar-refractivity contribution in [3.63, 3.8) is 0 Å². The number of ether oxygens (including phenoxy) is 2. The van der Waals surface area contributed by atoms with Crippen LogP contribution in [0.25, 0.3) is 11.2 Å². The molecule has 10 N–H and O–H groups in total. The zero-order chi connectivity index (χ0) is 31.8. The predicted octanol–water partition coefficient (Wildman–Crippen LogP) is -10.2. The molecular weight excluding hydrogens is 696 g/mol. The largest absolute Gasteiger partial charge is 1.00 e. The van der Waals surface area contributed by atoms with Gasteiger partial charge in [0.05, 0.1) is 25.9 Å². The first-order valence-corrected chi connectivity index (χ1v) is 16.4. The summed E-state index contributed by atoms with van der Waals surface area (Å²) in [5.41, 5.74) is 12.0. The molecule has 7 heterocycles. The second kappa shape index (κ2) is 14.1. The van der Waals surface area contributed by atoms with E-state index in [0.717, 1.165) is 6.33 Å². The Kier molecular flexibility index (Phi) is 11.3. The van der Waals surface area contributed by atoms with Crippen molar-refractivity contribution in [3.05, 3.63) is 12.7 Å². The topological polar surface area (TPSA) is 323 Å². The van der Waals surface area contributed by atoms with Gasteiger partial charge in [0.25, 0.3) is 5.91 Å². The number of hydrogen-bond donors (Lipinski definition) is 8. The van der Waals surface area contributed by atoms with E-state index in [4.69, 9.17) is 39.0 Å². The molecule has 7 unspecified atom stereocenters. The molecule has 27 heteroatoms. The van der Waals surface area contributed by atoms with E-state index < -0.39 is 102 Å². The molecular formula is C20H28N10Na2O13P2+2. The third-order valence-corrected chi connectivity index (χ3v) is 9.76. The van der Waals surface area contributed by atoms with Crippen LogP contribution in [0, 0.1) is 0 Å². The van der Waals surface area contributed by atoms with Crippen molar-refractivity contribution in [3.8, 4) is 0 Å². The molecule has 2 aromatic heterocycles. The number of imidazole rings is 1. The van der Waals surface area contributed by atoms with Crippen LogP contribution in [0.15, 0.2) is 17.6 Å². The monoisotopic (exact) mass is 724 g/mol. The SMILES string of the molecule is Nc1ncnc2c1ncn2[C@@H]1O[C@@H]2COP(=O)(O)O[C@@H]3C(O)[C@@H](COP(=O)(O)O[C@@H]1C2O)O[C@H]3N1C=NC2C(=O)NC(N)NC21.[Na+].[Na+]. The first-order chi connectivity index (χ1) is 21.3. The molecule has 0 radical (unpaired) electrons. The molecule has 4 bridgehead atoms. The molecule has 7 rings (SSSR count). The Morgan fingerprint density at radius 1 is 0.936 bits per heavy atom. The van der Waals surface area contributed by atoms with E-state index in [0.29, 0.717) is 0 Å². The van der Waals surface area contributed by atoms with Gasteiger partial charge in [-0.25, -0.2) is 24.1 Å². The quantitative estimate of drug-likeness (QED) is 0.105. The van der Waals surface area contributed by atoms with Crippen molar-refractivity contribution >= 4 is 44.9 Å². The maximum absolute atomic E-state index is 13.2. The molecule has 5 aliphatic rings. The third kappa shape index (κ3) is 7.10. The van der Waals surface area contributed by atoms with Crippen LogP contribution in [0.4, 0.5) is 5.82 Å². The molecule has 0 aliphatic carbocycles. The molecule has 246 valence electrons.